The van der Waals surface area contributed by atoms with Gasteiger partial charge in [-0.2, -0.15) is 22.7 Å². The molecule has 1 aliphatic rings. The van der Waals surface area contributed by atoms with E-state index >= 15 is 0 Å². The van der Waals surface area contributed by atoms with E-state index in [2.05, 4.69) is 60.7 Å². The van der Waals surface area contributed by atoms with Crippen LogP contribution in [-0.2, 0) is 0 Å². The minimum atomic E-state index is 0.459. The first-order valence-corrected chi connectivity index (χ1v) is 7.85. The SMILES string of the molecule is CN(C)B1B(N(C)C)c2sccc2-c2ccsc21. The molecule has 2 nitrogen and oxygen atoms in total. The van der Waals surface area contributed by atoms with Gasteiger partial charge in [0, 0.05) is 0 Å². The number of nitrogens with zero attached hydrogens (tertiary/aromatic N) is 2. The lowest BCUT2D eigenvalue weighted by atomic mass is 9.16. The Labute approximate surface area is 117 Å². The van der Waals surface area contributed by atoms with Gasteiger partial charge in [0.1, 0.15) is 0 Å². The zero-order valence-electron chi connectivity index (χ0n) is 11.2. The van der Waals surface area contributed by atoms with Crippen LogP contribution in [-0.4, -0.2) is 51.3 Å². The van der Waals surface area contributed by atoms with Crippen molar-refractivity contribution in [3.8, 4) is 11.1 Å². The quantitative estimate of drug-likeness (QED) is 0.756. The van der Waals surface area contributed by atoms with Gasteiger partial charge in [-0.1, -0.05) is 0 Å². The van der Waals surface area contributed by atoms with Gasteiger partial charge in [-0.15, -0.1) is 0 Å². The fraction of sp³-hybridized carbons (Fsp3) is 0.333. The molecule has 0 radical (unpaired) electrons. The summed E-state index contributed by atoms with van der Waals surface area (Å²) in [7, 11) is 8.74. The van der Waals surface area contributed by atoms with Crippen LogP contribution in [0.2, 0.25) is 0 Å². The summed E-state index contributed by atoms with van der Waals surface area (Å²) in [5.74, 6) is 0. The molecule has 0 atom stereocenters. The van der Waals surface area contributed by atoms with Gasteiger partial charge in [0.2, 0.25) is 0 Å². The van der Waals surface area contributed by atoms with E-state index in [1.165, 1.54) is 20.7 Å². The Morgan fingerprint density at radius 1 is 0.778 bits per heavy atom. The number of hydrogen-bond donors (Lipinski definition) is 0. The molecule has 0 aromatic carbocycles. The van der Waals surface area contributed by atoms with E-state index in [9.17, 15) is 0 Å². The standard InChI is InChI=1S/C12H16B2N2S2/c1-15(2)13-11-9(5-7-17-11)10-6-8-18-12(10)14(13)16(3)4/h5-8H,1-4H3. The molecule has 0 saturated carbocycles. The van der Waals surface area contributed by atoms with Crippen LogP contribution >= 0.6 is 22.7 Å². The third-order valence-electron chi connectivity index (χ3n) is 3.63. The maximum atomic E-state index is 2.35. The summed E-state index contributed by atoms with van der Waals surface area (Å²) in [5.41, 5.74) is 2.88. The lowest BCUT2D eigenvalue weighted by molar-refractivity contribution is 0.633. The first-order chi connectivity index (χ1) is 8.61. The molecule has 0 amide bonds. The van der Waals surface area contributed by atoms with Crippen molar-refractivity contribution < 1.29 is 0 Å². The summed E-state index contributed by atoms with van der Waals surface area (Å²) in [5, 5.41) is 4.45. The van der Waals surface area contributed by atoms with Crippen LogP contribution < -0.4 is 9.55 Å². The van der Waals surface area contributed by atoms with Crippen molar-refractivity contribution in [1.29, 1.82) is 0 Å². The van der Waals surface area contributed by atoms with Crippen LogP contribution in [0.1, 0.15) is 0 Å². The minimum Gasteiger partial charge on any atom is -0.347 e. The Morgan fingerprint density at radius 2 is 1.17 bits per heavy atom. The lowest BCUT2D eigenvalue weighted by Gasteiger charge is -2.34. The molecule has 0 bridgehead atoms. The summed E-state index contributed by atoms with van der Waals surface area (Å²) in [6.45, 7) is 0.919. The van der Waals surface area contributed by atoms with Crippen molar-refractivity contribution in [2.45, 2.75) is 0 Å². The van der Waals surface area contributed by atoms with E-state index in [1.807, 2.05) is 22.7 Å². The van der Waals surface area contributed by atoms with E-state index < -0.39 is 0 Å². The summed E-state index contributed by atoms with van der Waals surface area (Å²) in [6, 6.07) is 4.54. The van der Waals surface area contributed by atoms with E-state index in [1.54, 1.807) is 0 Å². The zero-order chi connectivity index (χ0) is 12.9. The van der Waals surface area contributed by atoms with Crippen molar-refractivity contribution in [1.82, 2.24) is 9.62 Å². The van der Waals surface area contributed by atoms with Crippen LogP contribution in [0.5, 0.6) is 0 Å². The third-order valence-corrected chi connectivity index (χ3v) is 5.60. The highest BCUT2D eigenvalue weighted by molar-refractivity contribution is 7.46. The van der Waals surface area contributed by atoms with Gasteiger partial charge in [-0.3, -0.25) is 0 Å². The van der Waals surface area contributed by atoms with Crippen molar-refractivity contribution in [2.75, 3.05) is 28.2 Å². The number of rotatable bonds is 2. The highest BCUT2D eigenvalue weighted by Gasteiger charge is 2.44. The van der Waals surface area contributed by atoms with Crippen molar-refractivity contribution in [3.05, 3.63) is 22.9 Å². The molecule has 6 heteroatoms. The smallest absolute Gasteiger partial charge is 0.261 e. The number of fused-ring (bicyclic) bond motifs is 3. The third kappa shape index (κ3) is 1.71. The Hall–Kier alpha value is -0.550. The molecule has 0 spiro atoms. The number of hydrogen-bond acceptors (Lipinski definition) is 4. The Morgan fingerprint density at radius 3 is 1.50 bits per heavy atom. The van der Waals surface area contributed by atoms with E-state index in [0.717, 1.165) is 0 Å². The van der Waals surface area contributed by atoms with Gasteiger partial charge in [0.25, 0.3) is 13.5 Å². The predicted molar refractivity (Wildman–Crippen MR) is 85.8 cm³/mol. The van der Waals surface area contributed by atoms with Crippen LogP contribution in [0.25, 0.3) is 11.1 Å². The molecule has 0 fully saturated rings. The molecule has 2 aromatic rings. The van der Waals surface area contributed by atoms with Crippen LogP contribution in [0.3, 0.4) is 0 Å². The molecule has 0 N–H and O–H groups in total. The average Bonchev–Trinajstić information content (AvgIpc) is 2.93. The molecule has 18 heavy (non-hydrogen) atoms. The Kier molecular flexibility index (Phi) is 3.14. The molecule has 3 rings (SSSR count). The first-order valence-electron chi connectivity index (χ1n) is 6.09. The first kappa shape index (κ1) is 12.5. The Bertz CT molecular complexity index is 512. The molecular formula is C12H16B2N2S2. The monoisotopic (exact) mass is 274 g/mol. The normalized spacial score (nSPS) is 14.3. The summed E-state index contributed by atoms with van der Waals surface area (Å²) in [4.78, 5) is 4.70. The highest BCUT2D eigenvalue weighted by atomic mass is 32.1. The minimum absolute atomic E-state index is 0.459. The van der Waals surface area contributed by atoms with Gasteiger partial charge in [0.15, 0.2) is 0 Å². The summed E-state index contributed by atoms with van der Waals surface area (Å²) >= 11 is 3.77. The van der Waals surface area contributed by atoms with E-state index in [-0.39, 0.29) is 0 Å². The second kappa shape index (κ2) is 4.53. The maximum absolute atomic E-state index is 2.35. The van der Waals surface area contributed by atoms with Gasteiger partial charge >= 0.3 is 0 Å². The van der Waals surface area contributed by atoms with Gasteiger partial charge in [-0.05, 0) is 71.8 Å². The van der Waals surface area contributed by atoms with Crippen molar-refractivity contribution in [2.24, 2.45) is 0 Å². The summed E-state index contributed by atoms with van der Waals surface area (Å²) < 4.78 is 3.01. The molecule has 0 unspecified atom stereocenters. The van der Waals surface area contributed by atoms with Crippen LogP contribution in [0, 0.1) is 0 Å². The lowest BCUT2D eigenvalue weighted by Crippen LogP contribution is -2.68. The zero-order valence-corrected chi connectivity index (χ0v) is 12.8. The second-order valence-corrected chi connectivity index (χ2v) is 7.11. The van der Waals surface area contributed by atoms with Crippen LogP contribution in [0.4, 0.5) is 0 Å². The van der Waals surface area contributed by atoms with E-state index in [0.29, 0.717) is 13.5 Å². The largest absolute Gasteiger partial charge is 0.347 e. The topological polar surface area (TPSA) is 6.48 Å². The van der Waals surface area contributed by atoms with Gasteiger partial charge in [-0.25, -0.2) is 0 Å². The molecule has 3 heterocycles. The number of thiophene rings is 2. The Balaban J connectivity index is 2.23. The molecule has 0 saturated heterocycles. The highest BCUT2D eigenvalue weighted by Crippen LogP contribution is 2.28. The van der Waals surface area contributed by atoms with E-state index in [4.69, 9.17) is 0 Å². The van der Waals surface area contributed by atoms with Crippen molar-refractivity contribution in [3.63, 3.8) is 0 Å². The summed E-state index contributed by atoms with van der Waals surface area (Å²) in [6.07, 6.45) is 0. The molecule has 1 aliphatic heterocycles. The van der Waals surface area contributed by atoms with Gasteiger partial charge in [0.05, 0.1) is 0 Å². The molecule has 2 aromatic heterocycles. The maximum Gasteiger partial charge on any atom is 0.261 e. The second-order valence-electron chi connectivity index (χ2n) is 5.21. The molecule has 0 aliphatic carbocycles. The molecule has 92 valence electrons. The average molecular weight is 274 g/mol. The fourth-order valence-electron chi connectivity index (χ4n) is 2.87. The van der Waals surface area contributed by atoms with Gasteiger partial charge < -0.3 is 9.62 Å². The predicted octanol–water partition coefficient (Wildman–Crippen LogP) is 1.09. The van der Waals surface area contributed by atoms with Crippen molar-refractivity contribution >= 4 is 45.7 Å². The molecular weight excluding hydrogens is 258 g/mol. The van der Waals surface area contributed by atoms with Crippen LogP contribution in [0.15, 0.2) is 22.9 Å². The fourth-order valence-corrected chi connectivity index (χ4v) is 5.14.